The van der Waals surface area contributed by atoms with E-state index in [2.05, 4.69) is 21.2 Å². The number of hydrogen-bond acceptors (Lipinski definition) is 5. The summed E-state index contributed by atoms with van der Waals surface area (Å²) in [5.41, 5.74) is 1.12. The summed E-state index contributed by atoms with van der Waals surface area (Å²) in [7, 11) is -2.59. The number of nitrogens with one attached hydrogen (secondary N) is 1. The molecule has 0 unspecified atom stereocenters. The number of ether oxygens (including phenoxy) is 1. The average molecular weight is 643 g/mol. The highest BCUT2D eigenvalue weighted by Gasteiger charge is 2.33. The molecule has 2 amide bonds. The largest absolute Gasteiger partial charge is 0.497 e. The fraction of sp³-hybridized carbons (Fsp3) is 0.355. The monoisotopic (exact) mass is 641 g/mol. The topological polar surface area (TPSA) is 96.0 Å². The molecule has 0 bridgehead atoms. The Morgan fingerprint density at radius 2 is 1.66 bits per heavy atom. The van der Waals surface area contributed by atoms with Gasteiger partial charge in [-0.25, -0.2) is 8.42 Å². The summed E-state index contributed by atoms with van der Waals surface area (Å²) in [6.07, 6.45) is 5.12. The van der Waals surface area contributed by atoms with E-state index >= 15 is 0 Å². The van der Waals surface area contributed by atoms with E-state index in [9.17, 15) is 18.0 Å². The Bertz CT molecular complexity index is 1430. The van der Waals surface area contributed by atoms with Gasteiger partial charge < -0.3 is 15.0 Å². The summed E-state index contributed by atoms with van der Waals surface area (Å²) in [5.74, 6) is -0.185. The summed E-state index contributed by atoms with van der Waals surface area (Å²) in [4.78, 5) is 29.0. The number of hydrogen-bond donors (Lipinski definition) is 1. The van der Waals surface area contributed by atoms with Crippen molar-refractivity contribution in [3.8, 4) is 5.75 Å². The Morgan fingerprint density at radius 3 is 2.29 bits per heavy atom. The van der Waals surface area contributed by atoms with Gasteiger partial charge in [-0.15, -0.1) is 0 Å². The molecule has 41 heavy (non-hydrogen) atoms. The van der Waals surface area contributed by atoms with E-state index in [0.717, 1.165) is 46.4 Å². The molecular formula is C31H36BrN3O5S. The fourth-order valence-corrected chi connectivity index (χ4v) is 6.86. The standard InChI is InChI=1S/C31H36BrN3O5S/c1-23(31(37)33-26-12-5-3-6-13-26)34(21-24-10-9-11-25(32)20-24)30(36)22-35(27-16-18-28(40-2)19-17-27)41(38,39)29-14-7-4-8-15-29/h4,7-11,14-20,23,26H,3,5-6,12-13,21-22H2,1-2H3,(H,33,37)/t23-/m1/s1. The van der Waals surface area contributed by atoms with E-state index in [1.807, 2.05) is 24.3 Å². The number of carbonyl (C=O) groups excluding carboxylic acids is 2. The van der Waals surface area contributed by atoms with Gasteiger partial charge in [0, 0.05) is 17.1 Å². The van der Waals surface area contributed by atoms with E-state index < -0.39 is 28.5 Å². The molecule has 3 aromatic rings. The predicted octanol–water partition coefficient (Wildman–Crippen LogP) is 5.52. The summed E-state index contributed by atoms with van der Waals surface area (Å²) in [6.45, 7) is 1.34. The van der Waals surface area contributed by atoms with Crippen molar-refractivity contribution in [2.45, 2.75) is 62.6 Å². The number of carbonyl (C=O) groups is 2. The third-order valence-electron chi connectivity index (χ3n) is 7.33. The molecule has 1 saturated carbocycles. The molecule has 4 rings (SSSR count). The lowest BCUT2D eigenvalue weighted by atomic mass is 9.95. The van der Waals surface area contributed by atoms with Crippen molar-refractivity contribution >= 4 is 43.5 Å². The molecule has 1 aliphatic carbocycles. The van der Waals surface area contributed by atoms with Gasteiger partial charge in [0.05, 0.1) is 17.7 Å². The molecule has 218 valence electrons. The van der Waals surface area contributed by atoms with Crippen LogP contribution in [-0.2, 0) is 26.2 Å². The van der Waals surface area contributed by atoms with Crippen LogP contribution in [-0.4, -0.2) is 50.9 Å². The Balaban J connectivity index is 1.67. The molecule has 0 radical (unpaired) electrons. The van der Waals surface area contributed by atoms with Crippen molar-refractivity contribution in [1.29, 1.82) is 0 Å². The Morgan fingerprint density at radius 1 is 0.976 bits per heavy atom. The van der Waals surface area contributed by atoms with E-state index in [0.29, 0.717) is 11.4 Å². The van der Waals surface area contributed by atoms with Crippen LogP contribution >= 0.6 is 15.9 Å². The maximum absolute atomic E-state index is 14.1. The van der Waals surface area contributed by atoms with E-state index in [-0.39, 0.29) is 23.4 Å². The van der Waals surface area contributed by atoms with Crippen LogP contribution in [0.1, 0.15) is 44.6 Å². The lowest BCUT2D eigenvalue weighted by molar-refractivity contribution is -0.139. The predicted molar refractivity (Wildman–Crippen MR) is 163 cm³/mol. The maximum Gasteiger partial charge on any atom is 0.264 e. The molecule has 8 nitrogen and oxygen atoms in total. The van der Waals surface area contributed by atoms with E-state index in [1.54, 1.807) is 49.4 Å². The summed E-state index contributed by atoms with van der Waals surface area (Å²) < 4.78 is 34.9. The molecule has 1 N–H and O–H groups in total. The van der Waals surface area contributed by atoms with Gasteiger partial charge >= 0.3 is 0 Å². The first-order valence-corrected chi connectivity index (χ1v) is 16.0. The van der Waals surface area contributed by atoms with Crippen LogP contribution in [0.15, 0.2) is 88.2 Å². The van der Waals surface area contributed by atoms with Gasteiger partial charge in [0.1, 0.15) is 18.3 Å². The van der Waals surface area contributed by atoms with Gasteiger partial charge in [-0.2, -0.15) is 0 Å². The highest BCUT2D eigenvalue weighted by atomic mass is 79.9. The van der Waals surface area contributed by atoms with Crippen LogP contribution in [0, 0.1) is 0 Å². The number of amides is 2. The average Bonchev–Trinajstić information content (AvgIpc) is 2.99. The van der Waals surface area contributed by atoms with Crippen molar-refractivity contribution in [2.75, 3.05) is 18.0 Å². The minimum absolute atomic E-state index is 0.0604. The zero-order valence-electron chi connectivity index (χ0n) is 23.3. The quantitative estimate of drug-likeness (QED) is 0.297. The number of halogens is 1. The minimum atomic E-state index is -4.11. The molecule has 0 heterocycles. The second-order valence-corrected chi connectivity index (χ2v) is 13.0. The molecule has 10 heteroatoms. The van der Waals surface area contributed by atoms with Gasteiger partial charge in [0.2, 0.25) is 11.8 Å². The zero-order chi connectivity index (χ0) is 29.4. The Labute approximate surface area is 250 Å². The van der Waals surface area contributed by atoms with Crippen LogP contribution < -0.4 is 14.4 Å². The van der Waals surface area contributed by atoms with Gasteiger partial charge in [-0.3, -0.25) is 13.9 Å². The molecule has 1 fully saturated rings. The summed E-state index contributed by atoms with van der Waals surface area (Å²) in [5, 5.41) is 3.12. The number of nitrogens with zero attached hydrogens (tertiary/aromatic N) is 2. The van der Waals surface area contributed by atoms with E-state index in [4.69, 9.17) is 4.74 Å². The summed E-state index contributed by atoms with van der Waals surface area (Å²) >= 11 is 3.47. The highest BCUT2D eigenvalue weighted by molar-refractivity contribution is 9.10. The van der Waals surface area contributed by atoms with Gasteiger partial charge in [0.15, 0.2) is 0 Å². The normalized spacial score (nSPS) is 14.6. The van der Waals surface area contributed by atoms with Crippen LogP contribution in [0.5, 0.6) is 5.75 Å². The van der Waals surface area contributed by atoms with Crippen molar-refractivity contribution in [3.63, 3.8) is 0 Å². The van der Waals surface area contributed by atoms with Crippen LogP contribution in [0.2, 0.25) is 0 Å². The minimum Gasteiger partial charge on any atom is -0.497 e. The van der Waals surface area contributed by atoms with Crippen molar-refractivity contribution < 1.29 is 22.7 Å². The Hall–Kier alpha value is -3.37. The summed E-state index contributed by atoms with van der Waals surface area (Å²) in [6, 6.07) is 21.2. The molecule has 0 aromatic heterocycles. The second kappa shape index (κ2) is 14.0. The third-order valence-corrected chi connectivity index (χ3v) is 9.61. The molecule has 0 saturated heterocycles. The number of benzene rings is 3. The lowest BCUT2D eigenvalue weighted by Crippen LogP contribution is -2.53. The van der Waals surface area contributed by atoms with Crippen LogP contribution in [0.3, 0.4) is 0 Å². The zero-order valence-corrected chi connectivity index (χ0v) is 25.7. The second-order valence-electron chi connectivity index (χ2n) is 10.2. The fourth-order valence-electron chi connectivity index (χ4n) is 4.98. The first kappa shape index (κ1) is 30.6. The smallest absolute Gasteiger partial charge is 0.264 e. The molecule has 0 spiro atoms. The van der Waals surface area contributed by atoms with Crippen molar-refractivity contribution in [1.82, 2.24) is 10.2 Å². The molecular weight excluding hydrogens is 606 g/mol. The molecule has 1 aliphatic rings. The Kier molecular flexibility index (Phi) is 10.4. The molecule has 3 aromatic carbocycles. The number of anilines is 1. The maximum atomic E-state index is 14.1. The first-order valence-electron chi connectivity index (χ1n) is 13.7. The van der Waals surface area contributed by atoms with Crippen LogP contribution in [0.4, 0.5) is 5.69 Å². The van der Waals surface area contributed by atoms with Crippen molar-refractivity contribution in [2.24, 2.45) is 0 Å². The third kappa shape index (κ3) is 7.89. The molecule has 0 aliphatic heterocycles. The first-order chi connectivity index (χ1) is 19.7. The SMILES string of the molecule is COc1ccc(N(CC(=O)N(Cc2cccc(Br)c2)[C@H](C)C(=O)NC2CCCCC2)S(=O)(=O)c2ccccc2)cc1. The van der Waals surface area contributed by atoms with Gasteiger partial charge in [-0.1, -0.05) is 65.5 Å². The van der Waals surface area contributed by atoms with Crippen molar-refractivity contribution in [3.05, 3.63) is 88.9 Å². The van der Waals surface area contributed by atoms with Crippen LogP contribution in [0.25, 0.3) is 0 Å². The van der Waals surface area contributed by atoms with Gasteiger partial charge in [0.25, 0.3) is 10.0 Å². The highest BCUT2D eigenvalue weighted by Crippen LogP contribution is 2.27. The molecule has 1 atom stereocenters. The lowest BCUT2D eigenvalue weighted by Gasteiger charge is -2.33. The van der Waals surface area contributed by atoms with Gasteiger partial charge in [-0.05, 0) is 73.9 Å². The van der Waals surface area contributed by atoms with E-state index in [1.165, 1.54) is 24.1 Å². The number of methoxy groups -OCH3 is 1. The number of sulfonamides is 1. The number of rotatable bonds is 11.